The lowest BCUT2D eigenvalue weighted by Gasteiger charge is -2.33. The number of hydrogen-bond donors (Lipinski definition) is 1. The van der Waals surface area contributed by atoms with Crippen molar-refractivity contribution in [3.8, 4) is 0 Å². The van der Waals surface area contributed by atoms with Gasteiger partial charge in [-0.1, -0.05) is 48.5 Å². The molecule has 3 rings (SSSR count). The number of sulfonamides is 1. The van der Waals surface area contributed by atoms with E-state index in [0.717, 1.165) is 5.56 Å². The van der Waals surface area contributed by atoms with Crippen LogP contribution < -0.4 is 4.72 Å². The predicted octanol–water partition coefficient (Wildman–Crippen LogP) is 1.85. The van der Waals surface area contributed by atoms with Gasteiger partial charge in [-0.15, -0.1) is 0 Å². The summed E-state index contributed by atoms with van der Waals surface area (Å²) in [4.78, 5) is 14.0. The zero-order chi connectivity index (χ0) is 19.3. The molecule has 1 fully saturated rings. The molecule has 1 amide bonds. The van der Waals surface area contributed by atoms with Gasteiger partial charge in [0.25, 0.3) is 0 Å². The van der Waals surface area contributed by atoms with Gasteiger partial charge in [-0.2, -0.15) is 0 Å². The van der Waals surface area contributed by atoms with E-state index >= 15 is 0 Å². The quantitative estimate of drug-likeness (QED) is 0.814. The second-order valence-electron chi connectivity index (χ2n) is 6.28. The summed E-state index contributed by atoms with van der Waals surface area (Å²) in [6.45, 7) is 0.778. The molecule has 0 aliphatic carbocycles. The number of nitrogens with zero attached hydrogens (tertiary/aromatic N) is 1. The maximum atomic E-state index is 13.6. The van der Waals surface area contributed by atoms with Gasteiger partial charge in [-0.3, -0.25) is 4.79 Å². The summed E-state index contributed by atoms with van der Waals surface area (Å²) in [6, 6.07) is 15.2. The zero-order valence-corrected chi connectivity index (χ0v) is 15.5. The summed E-state index contributed by atoms with van der Waals surface area (Å²) < 4.78 is 45.9. The van der Waals surface area contributed by atoms with Gasteiger partial charge in [0.05, 0.1) is 25.4 Å². The fourth-order valence-corrected chi connectivity index (χ4v) is 3.99. The monoisotopic (exact) mass is 392 g/mol. The number of ether oxygens (including phenoxy) is 1. The Morgan fingerprint density at radius 3 is 2.59 bits per heavy atom. The molecule has 2 aromatic rings. The highest BCUT2D eigenvalue weighted by Gasteiger charge is 2.26. The first kappa shape index (κ1) is 19.5. The highest BCUT2D eigenvalue weighted by atomic mass is 32.2. The van der Waals surface area contributed by atoms with E-state index in [1.807, 2.05) is 30.3 Å². The first-order chi connectivity index (χ1) is 12.9. The number of nitrogens with one attached hydrogen (secondary N) is 1. The van der Waals surface area contributed by atoms with E-state index in [1.54, 1.807) is 11.0 Å². The van der Waals surface area contributed by atoms with Crippen LogP contribution in [0.2, 0.25) is 0 Å². The molecule has 0 unspecified atom stereocenters. The Morgan fingerprint density at radius 2 is 1.85 bits per heavy atom. The molecule has 1 N–H and O–H groups in total. The topological polar surface area (TPSA) is 75.7 Å². The maximum Gasteiger partial charge on any atom is 0.237 e. The van der Waals surface area contributed by atoms with E-state index in [4.69, 9.17) is 4.74 Å². The Labute approximate surface area is 158 Å². The van der Waals surface area contributed by atoms with Gasteiger partial charge in [0.2, 0.25) is 15.9 Å². The van der Waals surface area contributed by atoms with Crippen LogP contribution in [0.3, 0.4) is 0 Å². The van der Waals surface area contributed by atoms with Crippen molar-refractivity contribution in [2.24, 2.45) is 0 Å². The van der Waals surface area contributed by atoms with E-state index in [1.165, 1.54) is 18.2 Å². The number of carbonyl (C=O) groups is 1. The fourth-order valence-electron chi connectivity index (χ4n) is 2.90. The van der Waals surface area contributed by atoms with E-state index in [2.05, 4.69) is 4.72 Å². The van der Waals surface area contributed by atoms with Crippen LogP contribution in [-0.4, -0.2) is 45.5 Å². The van der Waals surface area contributed by atoms with Crippen LogP contribution in [0.1, 0.15) is 17.2 Å². The highest BCUT2D eigenvalue weighted by molar-refractivity contribution is 7.88. The van der Waals surface area contributed by atoms with Crippen molar-refractivity contribution in [2.75, 3.05) is 26.2 Å². The van der Waals surface area contributed by atoms with Crippen molar-refractivity contribution in [1.29, 1.82) is 0 Å². The van der Waals surface area contributed by atoms with Gasteiger partial charge in [-0.05, 0) is 11.6 Å². The minimum Gasteiger partial charge on any atom is -0.370 e. The number of carbonyl (C=O) groups excluding carboxylic acids is 1. The van der Waals surface area contributed by atoms with Crippen LogP contribution in [0.15, 0.2) is 54.6 Å². The summed E-state index contributed by atoms with van der Waals surface area (Å²) >= 11 is 0. The molecule has 0 aromatic heterocycles. The SMILES string of the molecule is O=C(CNS(=O)(=O)Cc1ccccc1F)N1CCO[C@H](c2ccccc2)C1. The molecule has 0 saturated carbocycles. The third kappa shape index (κ3) is 5.35. The minimum atomic E-state index is -3.83. The molecule has 0 spiro atoms. The normalized spacial score (nSPS) is 17.7. The second-order valence-corrected chi connectivity index (χ2v) is 8.09. The lowest BCUT2D eigenvalue weighted by molar-refractivity contribution is -0.137. The van der Waals surface area contributed by atoms with Gasteiger partial charge in [0.1, 0.15) is 11.9 Å². The van der Waals surface area contributed by atoms with Gasteiger partial charge in [0, 0.05) is 12.1 Å². The zero-order valence-electron chi connectivity index (χ0n) is 14.7. The average Bonchev–Trinajstić information content (AvgIpc) is 2.69. The van der Waals surface area contributed by atoms with Gasteiger partial charge in [0.15, 0.2) is 0 Å². The molecular formula is C19H21FN2O4S. The molecule has 6 nitrogen and oxygen atoms in total. The van der Waals surface area contributed by atoms with Crippen molar-refractivity contribution in [1.82, 2.24) is 9.62 Å². The van der Waals surface area contributed by atoms with Crippen LogP contribution in [0.5, 0.6) is 0 Å². The molecule has 1 aliphatic heterocycles. The summed E-state index contributed by atoms with van der Waals surface area (Å²) in [5.74, 6) is -1.44. The fraction of sp³-hybridized carbons (Fsp3) is 0.316. The van der Waals surface area contributed by atoms with Gasteiger partial charge >= 0.3 is 0 Å². The van der Waals surface area contributed by atoms with Crippen LogP contribution in [0.4, 0.5) is 4.39 Å². The Kier molecular flexibility index (Phi) is 6.20. The smallest absolute Gasteiger partial charge is 0.237 e. The van der Waals surface area contributed by atoms with Crippen LogP contribution in [-0.2, 0) is 25.3 Å². The summed E-state index contributed by atoms with van der Waals surface area (Å²) in [6.07, 6.45) is -0.237. The van der Waals surface area contributed by atoms with Crippen molar-refractivity contribution < 1.29 is 22.3 Å². The Hall–Kier alpha value is -2.29. The molecule has 1 atom stereocenters. The van der Waals surface area contributed by atoms with Crippen molar-refractivity contribution in [2.45, 2.75) is 11.9 Å². The molecule has 8 heteroatoms. The number of hydrogen-bond acceptors (Lipinski definition) is 4. The first-order valence-corrected chi connectivity index (χ1v) is 10.2. The largest absolute Gasteiger partial charge is 0.370 e. The van der Waals surface area contributed by atoms with Gasteiger partial charge < -0.3 is 9.64 Å². The van der Waals surface area contributed by atoms with Crippen LogP contribution in [0.25, 0.3) is 0 Å². The standard InChI is InChI=1S/C19H21FN2O4S/c20-17-9-5-4-8-16(17)14-27(24,25)21-12-19(23)22-10-11-26-18(13-22)15-6-2-1-3-7-15/h1-9,18,21H,10-14H2/t18-/m0/s1. The summed E-state index contributed by atoms with van der Waals surface area (Å²) in [7, 11) is -3.83. The molecule has 1 saturated heterocycles. The first-order valence-electron chi connectivity index (χ1n) is 8.60. The Bertz CT molecular complexity index is 890. The highest BCUT2D eigenvalue weighted by Crippen LogP contribution is 2.21. The average molecular weight is 392 g/mol. The van der Waals surface area contributed by atoms with Crippen molar-refractivity contribution in [3.63, 3.8) is 0 Å². The number of amides is 1. The summed E-state index contributed by atoms with van der Waals surface area (Å²) in [5, 5.41) is 0. The maximum absolute atomic E-state index is 13.6. The lowest BCUT2D eigenvalue weighted by Crippen LogP contribution is -2.46. The number of morpholine rings is 1. The van der Waals surface area contributed by atoms with E-state index in [0.29, 0.717) is 19.7 Å². The van der Waals surface area contributed by atoms with E-state index < -0.39 is 21.6 Å². The molecular weight excluding hydrogens is 371 g/mol. The van der Waals surface area contributed by atoms with Crippen LogP contribution >= 0.6 is 0 Å². The molecule has 2 aromatic carbocycles. The third-order valence-electron chi connectivity index (χ3n) is 4.34. The van der Waals surface area contributed by atoms with E-state index in [-0.39, 0.29) is 24.1 Å². The number of benzene rings is 2. The molecule has 27 heavy (non-hydrogen) atoms. The number of halogens is 1. The third-order valence-corrected chi connectivity index (χ3v) is 5.61. The Morgan fingerprint density at radius 1 is 1.15 bits per heavy atom. The second kappa shape index (κ2) is 8.60. The van der Waals surface area contributed by atoms with Crippen molar-refractivity contribution in [3.05, 3.63) is 71.5 Å². The molecule has 0 bridgehead atoms. The van der Waals surface area contributed by atoms with Gasteiger partial charge in [-0.25, -0.2) is 17.5 Å². The Balaban J connectivity index is 1.56. The van der Waals surface area contributed by atoms with Crippen molar-refractivity contribution >= 4 is 15.9 Å². The summed E-state index contributed by atoms with van der Waals surface area (Å²) in [5.41, 5.74) is 1.03. The molecule has 0 radical (unpaired) electrons. The van der Waals surface area contributed by atoms with E-state index in [9.17, 15) is 17.6 Å². The minimum absolute atomic E-state index is 0.0629. The lowest BCUT2D eigenvalue weighted by atomic mass is 10.1. The van der Waals surface area contributed by atoms with Crippen LogP contribution in [0, 0.1) is 5.82 Å². The number of rotatable bonds is 6. The molecule has 1 aliphatic rings. The predicted molar refractivity (Wildman–Crippen MR) is 98.7 cm³/mol. The molecule has 144 valence electrons. The molecule has 1 heterocycles.